The van der Waals surface area contributed by atoms with Crippen molar-refractivity contribution in [2.75, 3.05) is 0 Å². The van der Waals surface area contributed by atoms with Gasteiger partial charge in [0.2, 0.25) is 0 Å². The number of para-hydroxylation sites is 1. The lowest BCUT2D eigenvalue weighted by Gasteiger charge is -2.02. The van der Waals surface area contributed by atoms with Crippen LogP contribution >= 0.6 is 11.6 Å². The zero-order valence-electron chi connectivity index (χ0n) is 7.00. The van der Waals surface area contributed by atoms with E-state index in [1.807, 2.05) is 30.3 Å². The van der Waals surface area contributed by atoms with Gasteiger partial charge >= 0.3 is 0 Å². The van der Waals surface area contributed by atoms with E-state index in [9.17, 15) is 0 Å². The van der Waals surface area contributed by atoms with E-state index in [0.29, 0.717) is 11.7 Å². The molecule has 0 aliphatic carbocycles. The summed E-state index contributed by atoms with van der Waals surface area (Å²) in [5, 5.41) is 1.58. The van der Waals surface area contributed by atoms with Gasteiger partial charge in [-0.3, -0.25) is 0 Å². The van der Waals surface area contributed by atoms with Crippen LogP contribution in [-0.4, -0.2) is 4.98 Å². The van der Waals surface area contributed by atoms with Crippen LogP contribution in [-0.2, 0) is 6.54 Å². The molecular formula is C10H9ClN2. The van der Waals surface area contributed by atoms with Gasteiger partial charge < -0.3 is 5.73 Å². The number of pyridine rings is 1. The van der Waals surface area contributed by atoms with Crippen LogP contribution < -0.4 is 5.73 Å². The fourth-order valence-corrected chi connectivity index (χ4v) is 1.50. The second-order valence-electron chi connectivity index (χ2n) is 2.84. The monoisotopic (exact) mass is 192 g/mol. The van der Waals surface area contributed by atoms with Crippen LogP contribution in [0, 0.1) is 0 Å². The van der Waals surface area contributed by atoms with E-state index in [2.05, 4.69) is 4.98 Å². The van der Waals surface area contributed by atoms with Crippen molar-refractivity contribution in [3.63, 3.8) is 0 Å². The molecule has 2 N–H and O–H groups in total. The average Bonchev–Trinajstić information content (AvgIpc) is 2.17. The first-order valence-corrected chi connectivity index (χ1v) is 4.43. The molecule has 0 atom stereocenters. The van der Waals surface area contributed by atoms with Crippen LogP contribution in [0.4, 0.5) is 0 Å². The van der Waals surface area contributed by atoms with E-state index >= 15 is 0 Å². The molecule has 0 bridgehead atoms. The van der Waals surface area contributed by atoms with Crippen LogP contribution in [0.15, 0.2) is 30.3 Å². The maximum atomic E-state index is 5.91. The summed E-state index contributed by atoms with van der Waals surface area (Å²) in [5.74, 6) is 0. The molecule has 0 fully saturated rings. The maximum Gasteiger partial charge on any atom is 0.134 e. The minimum atomic E-state index is 0.427. The predicted molar refractivity (Wildman–Crippen MR) is 54.6 cm³/mol. The Hall–Kier alpha value is -1.12. The zero-order chi connectivity index (χ0) is 9.26. The van der Waals surface area contributed by atoms with Crippen molar-refractivity contribution in [1.82, 2.24) is 4.98 Å². The van der Waals surface area contributed by atoms with Gasteiger partial charge in [-0.25, -0.2) is 4.98 Å². The molecule has 1 heterocycles. The number of nitrogens with zero attached hydrogens (tertiary/aromatic N) is 1. The Bertz CT molecular complexity index is 440. The Kier molecular flexibility index (Phi) is 2.17. The fourth-order valence-electron chi connectivity index (χ4n) is 1.28. The SMILES string of the molecule is NCc1cc2ccccc2nc1Cl. The number of halogens is 1. The molecule has 1 aromatic carbocycles. The molecule has 0 radical (unpaired) electrons. The summed E-state index contributed by atoms with van der Waals surface area (Å²) in [7, 11) is 0. The van der Waals surface area contributed by atoms with E-state index in [0.717, 1.165) is 16.5 Å². The largest absolute Gasteiger partial charge is 0.326 e. The molecule has 0 amide bonds. The van der Waals surface area contributed by atoms with Gasteiger partial charge in [0.1, 0.15) is 5.15 Å². The molecule has 2 nitrogen and oxygen atoms in total. The number of fused-ring (bicyclic) bond motifs is 1. The van der Waals surface area contributed by atoms with Gasteiger partial charge in [-0.1, -0.05) is 29.8 Å². The van der Waals surface area contributed by atoms with Crippen molar-refractivity contribution in [1.29, 1.82) is 0 Å². The van der Waals surface area contributed by atoms with Gasteiger partial charge in [0.25, 0.3) is 0 Å². The van der Waals surface area contributed by atoms with Crippen molar-refractivity contribution in [3.05, 3.63) is 41.0 Å². The van der Waals surface area contributed by atoms with Crippen molar-refractivity contribution >= 4 is 22.5 Å². The highest BCUT2D eigenvalue weighted by Crippen LogP contribution is 2.19. The first-order chi connectivity index (χ1) is 6.31. The molecule has 2 rings (SSSR count). The third-order valence-corrected chi connectivity index (χ3v) is 2.30. The molecule has 66 valence electrons. The topological polar surface area (TPSA) is 38.9 Å². The minimum absolute atomic E-state index is 0.427. The molecule has 0 unspecified atom stereocenters. The first-order valence-electron chi connectivity index (χ1n) is 4.05. The van der Waals surface area contributed by atoms with Crippen molar-refractivity contribution in [2.45, 2.75) is 6.54 Å². The zero-order valence-corrected chi connectivity index (χ0v) is 7.75. The second-order valence-corrected chi connectivity index (χ2v) is 3.19. The summed E-state index contributed by atoms with van der Waals surface area (Å²) in [5.41, 5.74) is 7.31. The van der Waals surface area contributed by atoms with Crippen molar-refractivity contribution in [3.8, 4) is 0 Å². The highest BCUT2D eigenvalue weighted by atomic mass is 35.5. The van der Waals surface area contributed by atoms with Gasteiger partial charge in [-0.05, 0) is 12.1 Å². The lowest BCUT2D eigenvalue weighted by Crippen LogP contribution is -1.98. The quantitative estimate of drug-likeness (QED) is 0.705. The third kappa shape index (κ3) is 1.50. The predicted octanol–water partition coefficient (Wildman–Crippen LogP) is 2.35. The molecule has 0 saturated heterocycles. The molecular weight excluding hydrogens is 184 g/mol. The van der Waals surface area contributed by atoms with Gasteiger partial charge in [0, 0.05) is 17.5 Å². The van der Waals surface area contributed by atoms with Gasteiger partial charge in [-0.2, -0.15) is 0 Å². The molecule has 0 spiro atoms. The molecule has 0 aliphatic rings. The lowest BCUT2D eigenvalue weighted by atomic mass is 10.1. The molecule has 2 aromatic rings. The Labute approximate surface area is 81.3 Å². The van der Waals surface area contributed by atoms with Crippen LogP contribution in [0.2, 0.25) is 5.15 Å². The van der Waals surface area contributed by atoms with Gasteiger partial charge in [0.05, 0.1) is 5.52 Å². The van der Waals surface area contributed by atoms with Crippen molar-refractivity contribution in [2.24, 2.45) is 5.73 Å². The van der Waals surface area contributed by atoms with Crippen LogP contribution in [0.25, 0.3) is 10.9 Å². The van der Waals surface area contributed by atoms with Gasteiger partial charge in [0.15, 0.2) is 0 Å². The summed E-state index contributed by atoms with van der Waals surface area (Å²) >= 11 is 5.91. The number of nitrogens with two attached hydrogens (primary N) is 1. The number of benzene rings is 1. The van der Waals surface area contributed by atoms with E-state index in [1.165, 1.54) is 0 Å². The summed E-state index contributed by atoms with van der Waals surface area (Å²) < 4.78 is 0. The number of aromatic nitrogens is 1. The minimum Gasteiger partial charge on any atom is -0.326 e. The molecule has 13 heavy (non-hydrogen) atoms. The number of rotatable bonds is 1. The first kappa shape index (κ1) is 8.48. The Balaban J connectivity index is 2.74. The average molecular weight is 193 g/mol. The Morgan fingerprint density at radius 2 is 2.08 bits per heavy atom. The molecule has 1 aromatic heterocycles. The van der Waals surface area contributed by atoms with E-state index in [-0.39, 0.29) is 0 Å². The van der Waals surface area contributed by atoms with Gasteiger partial charge in [-0.15, -0.1) is 0 Å². The highest BCUT2D eigenvalue weighted by Gasteiger charge is 2.01. The highest BCUT2D eigenvalue weighted by molar-refractivity contribution is 6.30. The smallest absolute Gasteiger partial charge is 0.134 e. The van der Waals surface area contributed by atoms with E-state index in [4.69, 9.17) is 17.3 Å². The lowest BCUT2D eigenvalue weighted by molar-refractivity contribution is 1.06. The summed E-state index contributed by atoms with van der Waals surface area (Å²) in [6, 6.07) is 9.82. The Morgan fingerprint density at radius 3 is 2.85 bits per heavy atom. The van der Waals surface area contributed by atoms with E-state index < -0.39 is 0 Å². The normalized spacial score (nSPS) is 10.6. The van der Waals surface area contributed by atoms with Crippen LogP contribution in [0.5, 0.6) is 0 Å². The summed E-state index contributed by atoms with van der Waals surface area (Å²) in [6.07, 6.45) is 0. The van der Waals surface area contributed by atoms with Crippen molar-refractivity contribution < 1.29 is 0 Å². The van der Waals surface area contributed by atoms with E-state index in [1.54, 1.807) is 0 Å². The molecule has 3 heteroatoms. The Morgan fingerprint density at radius 1 is 1.31 bits per heavy atom. The number of hydrogen-bond donors (Lipinski definition) is 1. The van der Waals surface area contributed by atoms with Crippen LogP contribution in [0.1, 0.15) is 5.56 Å². The second kappa shape index (κ2) is 3.32. The maximum absolute atomic E-state index is 5.91. The standard InChI is InChI=1S/C10H9ClN2/c11-10-8(6-12)5-7-3-1-2-4-9(7)13-10/h1-5H,6,12H2. The fraction of sp³-hybridized carbons (Fsp3) is 0.100. The third-order valence-electron chi connectivity index (χ3n) is 1.97. The molecule has 0 saturated carbocycles. The van der Waals surface area contributed by atoms with Crippen LogP contribution in [0.3, 0.4) is 0 Å². The molecule has 0 aliphatic heterocycles. The summed E-state index contributed by atoms with van der Waals surface area (Å²) in [6.45, 7) is 0.427. The summed E-state index contributed by atoms with van der Waals surface area (Å²) in [4.78, 5) is 4.23. The number of hydrogen-bond acceptors (Lipinski definition) is 2.